The molecule has 15 heavy (non-hydrogen) atoms. The molecule has 1 nitrogen and oxygen atoms in total. The smallest absolute Gasteiger partial charge is 0.0844 e. The summed E-state index contributed by atoms with van der Waals surface area (Å²) in [6.45, 7) is 0. The molecule has 76 valence electrons. The molecule has 2 aromatic heterocycles. The lowest BCUT2D eigenvalue weighted by atomic mass is 9.96. The largest absolute Gasteiger partial charge is 0.388 e. The molecule has 0 aromatic carbocycles. The van der Waals surface area contributed by atoms with E-state index in [2.05, 4.69) is 28.3 Å². The van der Waals surface area contributed by atoms with E-state index in [1.807, 2.05) is 5.38 Å². The molecule has 2 aromatic rings. The van der Waals surface area contributed by atoms with Crippen molar-refractivity contribution >= 4 is 34.8 Å². The minimum atomic E-state index is -0.357. The van der Waals surface area contributed by atoms with E-state index in [1.165, 1.54) is 11.1 Å². The van der Waals surface area contributed by atoms with Crippen LogP contribution in [0.5, 0.6) is 0 Å². The third-order valence-corrected chi connectivity index (χ3v) is 4.30. The van der Waals surface area contributed by atoms with Crippen molar-refractivity contribution in [2.75, 3.05) is 0 Å². The van der Waals surface area contributed by atoms with Crippen LogP contribution in [0.3, 0.4) is 0 Å². The van der Waals surface area contributed by atoms with Crippen LogP contribution in [-0.4, -0.2) is 5.11 Å². The van der Waals surface area contributed by atoms with E-state index in [0.717, 1.165) is 17.5 Å². The van der Waals surface area contributed by atoms with Crippen LogP contribution >= 0.6 is 22.7 Å². The molecular weight excluding hydrogens is 224 g/mol. The standard InChI is InChI=1S/C12H10OS2/c13-12-3-10-6-14-4-8(10)1-2-9-5-15-7-11(9)12/h1-2,4-7,12-13H,3H2. The van der Waals surface area contributed by atoms with Crippen LogP contribution in [0.25, 0.3) is 12.2 Å². The number of rotatable bonds is 0. The van der Waals surface area contributed by atoms with Gasteiger partial charge < -0.3 is 5.11 Å². The molecule has 1 atom stereocenters. The highest BCUT2D eigenvalue weighted by molar-refractivity contribution is 7.08. The Morgan fingerprint density at radius 3 is 2.67 bits per heavy atom. The average Bonchev–Trinajstić information content (AvgIpc) is 2.81. The van der Waals surface area contributed by atoms with Crippen LogP contribution in [0.15, 0.2) is 21.5 Å². The quantitative estimate of drug-likeness (QED) is 0.739. The minimum Gasteiger partial charge on any atom is -0.388 e. The zero-order valence-electron chi connectivity index (χ0n) is 8.01. The number of aliphatic hydroxyl groups excluding tert-OH is 1. The highest BCUT2D eigenvalue weighted by atomic mass is 32.1. The summed E-state index contributed by atoms with van der Waals surface area (Å²) in [5.41, 5.74) is 4.72. The zero-order valence-corrected chi connectivity index (χ0v) is 9.65. The van der Waals surface area contributed by atoms with Crippen LogP contribution in [-0.2, 0) is 6.42 Å². The van der Waals surface area contributed by atoms with Gasteiger partial charge in [0.15, 0.2) is 0 Å². The van der Waals surface area contributed by atoms with Gasteiger partial charge in [-0.25, -0.2) is 0 Å². The summed E-state index contributed by atoms with van der Waals surface area (Å²) in [6.07, 6.45) is 4.61. The van der Waals surface area contributed by atoms with Gasteiger partial charge in [0.1, 0.15) is 0 Å². The Bertz CT molecular complexity index is 507. The molecular formula is C12H10OS2. The Morgan fingerprint density at radius 2 is 1.73 bits per heavy atom. The second kappa shape index (κ2) is 3.59. The van der Waals surface area contributed by atoms with Gasteiger partial charge in [0, 0.05) is 6.42 Å². The third kappa shape index (κ3) is 1.57. The number of hydrogen-bond acceptors (Lipinski definition) is 3. The normalized spacial score (nSPS) is 19.1. The Labute approximate surface area is 96.3 Å². The van der Waals surface area contributed by atoms with Gasteiger partial charge in [0.2, 0.25) is 0 Å². The van der Waals surface area contributed by atoms with E-state index >= 15 is 0 Å². The maximum atomic E-state index is 10.1. The Hall–Kier alpha value is -0.900. The van der Waals surface area contributed by atoms with Crippen LogP contribution in [0.1, 0.15) is 28.4 Å². The molecule has 3 rings (SSSR count). The fraction of sp³-hybridized carbons (Fsp3) is 0.167. The lowest BCUT2D eigenvalue weighted by Crippen LogP contribution is -2.03. The Morgan fingerprint density at radius 1 is 1.00 bits per heavy atom. The van der Waals surface area contributed by atoms with Gasteiger partial charge in [-0.05, 0) is 43.8 Å². The highest BCUT2D eigenvalue weighted by Gasteiger charge is 2.16. The first kappa shape index (κ1) is 9.33. The van der Waals surface area contributed by atoms with Crippen molar-refractivity contribution in [3.63, 3.8) is 0 Å². The van der Waals surface area contributed by atoms with Crippen molar-refractivity contribution in [3.8, 4) is 0 Å². The molecule has 2 heterocycles. The van der Waals surface area contributed by atoms with Crippen molar-refractivity contribution in [2.24, 2.45) is 0 Å². The lowest BCUT2D eigenvalue weighted by Gasteiger charge is -2.12. The third-order valence-electron chi connectivity index (χ3n) is 2.71. The summed E-state index contributed by atoms with van der Waals surface area (Å²) < 4.78 is 0. The van der Waals surface area contributed by atoms with E-state index in [-0.39, 0.29) is 6.10 Å². The van der Waals surface area contributed by atoms with Gasteiger partial charge in [-0.2, -0.15) is 22.7 Å². The topological polar surface area (TPSA) is 20.2 Å². The maximum absolute atomic E-state index is 10.1. The Kier molecular flexibility index (Phi) is 2.24. The van der Waals surface area contributed by atoms with Crippen LogP contribution in [0.4, 0.5) is 0 Å². The van der Waals surface area contributed by atoms with E-state index in [1.54, 1.807) is 22.7 Å². The average molecular weight is 234 g/mol. The number of hydrogen-bond donors (Lipinski definition) is 1. The van der Waals surface area contributed by atoms with Crippen molar-refractivity contribution in [1.29, 1.82) is 0 Å². The zero-order chi connectivity index (χ0) is 10.3. The molecule has 1 N–H and O–H groups in total. The molecule has 0 fully saturated rings. The predicted octanol–water partition coefficient (Wildman–Crippen LogP) is 3.57. The molecule has 0 bridgehead atoms. The van der Waals surface area contributed by atoms with E-state index in [9.17, 15) is 5.11 Å². The number of aliphatic hydroxyl groups is 1. The first-order chi connectivity index (χ1) is 7.34. The van der Waals surface area contributed by atoms with Crippen molar-refractivity contribution in [3.05, 3.63) is 43.8 Å². The second-order valence-corrected chi connectivity index (χ2v) is 5.18. The minimum absolute atomic E-state index is 0.357. The first-order valence-electron chi connectivity index (χ1n) is 4.82. The molecule has 0 radical (unpaired) electrons. The van der Waals surface area contributed by atoms with Crippen molar-refractivity contribution < 1.29 is 5.11 Å². The maximum Gasteiger partial charge on any atom is 0.0844 e. The second-order valence-electron chi connectivity index (χ2n) is 3.69. The summed E-state index contributed by atoms with van der Waals surface area (Å²) in [5, 5.41) is 18.5. The number of fused-ring (bicyclic) bond motifs is 2. The highest BCUT2D eigenvalue weighted by Crippen LogP contribution is 2.32. The van der Waals surface area contributed by atoms with Gasteiger partial charge in [0.25, 0.3) is 0 Å². The van der Waals surface area contributed by atoms with Gasteiger partial charge in [0.05, 0.1) is 6.10 Å². The van der Waals surface area contributed by atoms with Gasteiger partial charge >= 0.3 is 0 Å². The van der Waals surface area contributed by atoms with Gasteiger partial charge in [-0.1, -0.05) is 12.2 Å². The summed E-state index contributed by atoms with van der Waals surface area (Å²) in [4.78, 5) is 0. The molecule has 1 unspecified atom stereocenters. The number of thiophene rings is 2. The molecule has 0 spiro atoms. The predicted molar refractivity (Wildman–Crippen MR) is 66.2 cm³/mol. The van der Waals surface area contributed by atoms with Crippen LogP contribution < -0.4 is 0 Å². The Balaban J connectivity index is 2.14. The van der Waals surface area contributed by atoms with E-state index in [0.29, 0.717) is 0 Å². The summed E-state index contributed by atoms with van der Waals surface area (Å²) in [7, 11) is 0. The molecule has 0 aliphatic heterocycles. The SMILES string of the molecule is OC1Cc2cscc2C=Cc2cscc21. The van der Waals surface area contributed by atoms with Gasteiger partial charge in [-0.15, -0.1) is 0 Å². The summed E-state index contributed by atoms with van der Waals surface area (Å²) in [6, 6.07) is 0. The molecule has 0 saturated heterocycles. The monoisotopic (exact) mass is 234 g/mol. The first-order valence-corrected chi connectivity index (χ1v) is 6.70. The van der Waals surface area contributed by atoms with Crippen LogP contribution in [0, 0.1) is 0 Å². The molecule has 1 aliphatic carbocycles. The van der Waals surface area contributed by atoms with Crippen LogP contribution in [0.2, 0.25) is 0 Å². The van der Waals surface area contributed by atoms with Crippen molar-refractivity contribution in [2.45, 2.75) is 12.5 Å². The molecule has 1 aliphatic rings. The summed E-state index contributed by atoms with van der Waals surface area (Å²) in [5.74, 6) is 0. The fourth-order valence-corrected chi connectivity index (χ4v) is 3.58. The van der Waals surface area contributed by atoms with Crippen molar-refractivity contribution in [1.82, 2.24) is 0 Å². The fourth-order valence-electron chi connectivity index (χ4n) is 1.87. The molecule has 0 saturated carbocycles. The molecule has 0 amide bonds. The molecule has 3 heteroatoms. The lowest BCUT2D eigenvalue weighted by molar-refractivity contribution is 0.178. The van der Waals surface area contributed by atoms with Gasteiger partial charge in [-0.3, -0.25) is 0 Å². The summed E-state index contributed by atoms with van der Waals surface area (Å²) >= 11 is 3.35. The van der Waals surface area contributed by atoms with E-state index in [4.69, 9.17) is 0 Å². The van der Waals surface area contributed by atoms with E-state index < -0.39 is 0 Å².